The van der Waals surface area contributed by atoms with Crippen LogP contribution in [0, 0.1) is 5.92 Å². The molecule has 0 spiro atoms. The van der Waals surface area contributed by atoms with Crippen LogP contribution in [0.4, 0.5) is 4.79 Å². The fraction of sp³-hybridized carbons (Fsp3) is 0.632. The molecule has 5 heteroatoms. The first-order valence-corrected chi connectivity index (χ1v) is 9.00. The Kier molecular flexibility index (Phi) is 5.74. The predicted octanol–water partition coefficient (Wildman–Crippen LogP) is 2.50. The van der Waals surface area contributed by atoms with Crippen LogP contribution in [0.1, 0.15) is 30.9 Å². The second-order valence-electron chi connectivity index (χ2n) is 7.20. The molecule has 2 aliphatic heterocycles. The minimum Gasteiger partial charge on any atom is -0.371 e. The van der Waals surface area contributed by atoms with Gasteiger partial charge in [0, 0.05) is 26.7 Å². The number of amides is 2. The average Bonchev–Trinajstić information content (AvgIpc) is 3.03. The maximum Gasteiger partial charge on any atom is 0.317 e. The lowest BCUT2D eigenvalue weighted by atomic mass is 9.98. The van der Waals surface area contributed by atoms with Gasteiger partial charge in [0.15, 0.2) is 0 Å². The molecule has 2 heterocycles. The smallest absolute Gasteiger partial charge is 0.317 e. The second-order valence-corrected chi connectivity index (χ2v) is 7.20. The summed E-state index contributed by atoms with van der Waals surface area (Å²) in [7, 11) is 4.06. The summed E-state index contributed by atoms with van der Waals surface area (Å²) in [6.07, 6.45) is 3.26. The van der Waals surface area contributed by atoms with E-state index in [1.54, 1.807) is 0 Å². The molecule has 3 atom stereocenters. The summed E-state index contributed by atoms with van der Waals surface area (Å²) in [5.74, 6) is 0.573. The van der Waals surface area contributed by atoms with Crippen LogP contribution in [-0.2, 0) is 4.74 Å². The molecule has 132 valence electrons. The van der Waals surface area contributed by atoms with E-state index >= 15 is 0 Å². The number of benzene rings is 1. The van der Waals surface area contributed by atoms with Gasteiger partial charge in [0.2, 0.25) is 0 Å². The number of ether oxygens (including phenoxy) is 1. The van der Waals surface area contributed by atoms with Gasteiger partial charge in [-0.05, 0) is 44.3 Å². The molecular formula is C19H29N3O2. The summed E-state index contributed by atoms with van der Waals surface area (Å²) in [6, 6.07) is 10.2. The highest BCUT2D eigenvalue weighted by Crippen LogP contribution is 2.29. The molecule has 2 aliphatic rings. The normalized spacial score (nSPS) is 27.8. The van der Waals surface area contributed by atoms with E-state index in [0.29, 0.717) is 12.5 Å². The first-order valence-electron chi connectivity index (χ1n) is 9.00. The zero-order chi connectivity index (χ0) is 16.9. The highest BCUT2D eigenvalue weighted by Gasteiger charge is 2.32. The largest absolute Gasteiger partial charge is 0.371 e. The molecule has 0 radical (unpaired) electrons. The Morgan fingerprint density at radius 3 is 2.88 bits per heavy atom. The van der Waals surface area contributed by atoms with E-state index in [1.807, 2.05) is 30.1 Å². The van der Waals surface area contributed by atoms with E-state index in [1.165, 1.54) is 19.4 Å². The molecule has 0 aliphatic carbocycles. The third kappa shape index (κ3) is 4.28. The number of likely N-dealkylation sites (tertiary alicyclic amines) is 1. The lowest BCUT2D eigenvalue weighted by Gasteiger charge is -2.33. The number of hydrogen-bond donors (Lipinski definition) is 1. The van der Waals surface area contributed by atoms with E-state index in [4.69, 9.17) is 4.74 Å². The maximum atomic E-state index is 12.6. The molecule has 1 N–H and O–H groups in total. The Bertz CT molecular complexity index is 537. The first-order chi connectivity index (χ1) is 11.6. The van der Waals surface area contributed by atoms with E-state index < -0.39 is 0 Å². The number of nitrogens with zero attached hydrogens (tertiary/aromatic N) is 2. The SMILES string of the molecule is CN1CCCC(CN(C)C(=O)NC2CCOC2c2ccccc2)C1. The minimum atomic E-state index is -0.0376. The van der Waals surface area contributed by atoms with Crippen LogP contribution in [0.5, 0.6) is 0 Å². The van der Waals surface area contributed by atoms with Crippen molar-refractivity contribution in [2.24, 2.45) is 5.92 Å². The van der Waals surface area contributed by atoms with Crippen LogP contribution < -0.4 is 5.32 Å². The van der Waals surface area contributed by atoms with Crippen molar-refractivity contribution in [2.45, 2.75) is 31.4 Å². The second kappa shape index (κ2) is 7.99. The van der Waals surface area contributed by atoms with E-state index in [-0.39, 0.29) is 18.2 Å². The highest BCUT2D eigenvalue weighted by atomic mass is 16.5. The molecule has 1 aromatic rings. The third-order valence-corrected chi connectivity index (χ3v) is 5.13. The number of rotatable bonds is 4. The van der Waals surface area contributed by atoms with Gasteiger partial charge in [-0.15, -0.1) is 0 Å². The lowest BCUT2D eigenvalue weighted by molar-refractivity contribution is 0.0977. The van der Waals surface area contributed by atoms with Gasteiger partial charge >= 0.3 is 6.03 Å². The summed E-state index contributed by atoms with van der Waals surface area (Å²) in [5.41, 5.74) is 1.14. The molecule has 2 amide bonds. The predicted molar refractivity (Wildman–Crippen MR) is 94.9 cm³/mol. The summed E-state index contributed by atoms with van der Waals surface area (Å²) in [4.78, 5) is 16.8. The fourth-order valence-corrected chi connectivity index (χ4v) is 3.87. The molecule has 24 heavy (non-hydrogen) atoms. The van der Waals surface area contributed by atoms with Crippen LogP contribution in [0.15, 0.2) is 30.3 Å². The van der Waals surface area contributed by atoms with Crippen molar-refractivity contribution in [3.8, 4) is 0 Å². The highest BCUT2D eigenvalue weighted by molar-refractivity contribution is 5.74. The van der Waals surface area contributed by atoms with Crippen molar-refractivity contribution in [2.75, 3.05) is 40.3 Å². The van der Waals surface area contributed by atoms with Crippen LogP contribution in [-0.4, -0.2) is 62.2 Å². The first kappa shape index (κ1) is 17.2. The van der Waals surface area contributed by atoms with Crippen molar-refractivity contribution in [3.05, 3.63) is 35.9 Å². The quantitative estimate of drug-likeness (QED) is 0.922. The van der Waals surface area contributed by atoms with Crippen molar-refractivity contribution in [1.29, 1.82) is 0 Å². The zero-order valence-corrected chi connectivity index (χ0v) is 14.8. The van der Waals surface area contributed by atoms with Gasteiger partial charge in [0.05, 0.1) is 6.04 Å². The minimum absolute atomic E-state index is 0.0136. The standard InChI is InChI=1S/C19H29N3O2/c1-21-11-6-7-15(13-21)14-22(2)19(23)20-17-10-12-24-18(17)16-8-4-3-5-9-16/h3-5,8-9,15,17-18H,6-7,10-14H2,1-2H3,(H,20,23). The van der Waals surface area contributed by atoms with Gasteiger partial charge in [-0.3, -0.25) is 0 Å². The summed E-state index contributed by atoms with van der Waals surface area (Å²) >= 11 is 0. The zero-order valence-electron chi connectivity index (χ0n) is 14.8. The molecule has 3 unspecified atom stereocenters. The van der Waals surface area contributed by atoms with Gasteiger partial charge in [-0.1, -0.05) is 30.3 Å². The van der Waals surface area contributed by atoms with Crippen LogP contribution in [0.3, 0.4) is 0 Å². The number of urea groups is 1. The number of nitrogens with one attached hydrogen (secondary N) is 1. The van der Waals surface area contributed by atoms with Crippen LogP contribution in [0.2, 0.25) is 0 Å². The Balaban J connectivity index is 1.53. The number of carbonyl (C=O) groups excluding carboxylic acids is 1. The fourth-order valence-electron chi connectivity index (χ4n) is 3.87. The summed E-state index contributed by atoms with van der Waals surface area (Å²) in [5, 5.41) is 3.18. The van der Waals surface area contributed by atoms with Crippen molar-refractivity contribution >= 4 is 6.03 Å². The molecule has 5 nitrogen and oxygen atoms in total. The summed E-state index contributed by atoms with van der Waals surface area (Å²) < 4.78 is 5.86. The monoisotopic (exact) mass is 331 g/mol. The Hall–Kier alpha value is -1.59. The molecule has 0 saturated carbocycles. The van der Waals surface area contributed by atoms with Crippen LogP contribution in [0.25, 0.3) is 0 Å². The molecule has 2 saturated heterocycles. The summed E-state index contributed by atoms with van der Waals surface area (Å²) in [6.45, 7) is 3.77. The van der Waals surface area contributed by atoms with Gasteiger partial charge in [0.25, 0.3) is 0 Å². The molecule has 3 rings (SSSR count). The third-order valence-electron chi connectivity index (χ3n) is 5.13. The lowest BCUT2D eigenvalue weighted by Crippen LogP contribution is -2.47. The van der Waals surface area contributed by atoms with Crippen molar-refractivity contribution < 1.29 is 9.53 Å². The Labute approximate surface area is 145 Å². The Morgan fingerprint density at radius 1 is 1.33 bits per heavy atom. The molecule has 0 aromatic heterocycles. The molecule has 1 aromatic carbocycles. The molecular weight excluding hydrogens is 302 g/mol. The van der Waals surface area contributed by atoms with Crippen molar-refractivity contribution in [1.82, 2.24) is 15.1 Å². The number of piperidine rings is 1. The van der Waals surface area contributed by atoms with E-state index in [2.05, 4.69) is 29.4 Å². The molecule has 0 bridgehead atoms. The number of hydrogen-bond acceptors (Lipinski definition) is 3. The van der Waals surface area contributed by atoms with Gasteiger partial charge in [-0.2, -0.15) is 0 Å². The van der Waals surface area contributed by atoms with Crippen LogP contribution >= 0.6 is 0 Å². The van der Waals surface area contributed by atoms with Crippen molar-refractivity contribution in [3.63, 3.8) is 0 Å². The average molecular weight is 331 g/mol. The van der Waals surface area contributed by atoms with Gasteiger partial charge in [-0.25, -0.2) is 4.79 Å². The Morgan fingerprint density at radius 2 is 2.12 bits per heavy atom. The van der Waals surface area contributed by atoms with E-state index in [0.717, 1.165) is 25.1 Å². The number of carbonyl (C=O) groups is 1. The van der Waals surface area contributed by atoms with E-state index in [9.17, 15) is 4.79 Å². The maximum absolute atomic E-state index is 12.6. The molecule has 2 fully saturated rings. The topological polar surface area (TPSA) is 44.8 Å². The van der Waals surface area contributed by atoms with Gasteiger partial charge < -0.3 is 19.9 Å². The van der Waals surface area contributed by atoms with Gasteiger partial charge in [0.1, 0.15) is 6.10 Å².